The van der Waals surface area contributed by atoms with Gasteiger partial charge in [-0.3, -0.25) is 0 Å². The predicted molar refractivity (Wildman–Crippen MR) is 64.0 cm³/mol. The average molecular weight is 214 g/mol. The van der Waals surface area contributed by atoms with Crippen molar-refractivity contribution >= 4 is 11.8 Å². The lowest BCUT2D eigenvalue weighted by molar-refractivity contribution is 0.289. The Morgan fingerprint density at radius 2 is 2.21 bits per heavy atom. The van der Waals surface area contributed by atoms with Crippen molar-refractivity contribution in [2.45, 2.75) is 38.3 Å². The molecule has 0 aromatic carbocycles. The van der Waals surface area contributed by atoms with E-state index in [1.54, 1.807) is 0 Å². The SMILES string of the molecule is CC(CN1CCCC1)NC1CCSC1. The van der Waals surface area contributed by atoms with Crippen LogP contribution in [-0.4, -0.2) is 48.1 Å². The third-order valence-corrected chi connectivity index (χ3v) is 4.34. The highest BCUT2D eigenvalue weighted by molar-refractivity contribution is 7.99. The van der Waals surface area contributed by atoms with Gasteiger partial charge in [-0.25, -0.2) is 0 Å². The van der Waals surface area contributed by atoms with Crippen molar-refractivity contribution in [2.75, 3.05) is 31.1 Å². The van der Waals surface area contributed by atoms with Crippen LogP contribution in [0.2, 0.25) is 0 Å². The second-order valence-electron chi connectivity index (χ2n) is 4.64. The van der Waals surface area contributed by atoms with Gasteiger partial charge in [-0.1, -0.05) is 0 Å². The van der Waals surface area contributed by atoms with E-state index in [9.17, 15) is 0 Å². The van der Waals surface area contributed by atoms with Gasteiger partial charge in [0.2, 0.25) is 0 Å². The van der Waals surface area contributed by atoms with E-state index < -0.39 is 0 Å². The van der Waals surface area contributed by atoms with Crippen LogP contribution in [-0.2, 0) is 0 Å². The zero-order valence-electron chi connectivity index (χ0n) is 9.17. The highest BCUT2D eigenvalue weighted by atomic mass is 32.2. The summed E-state index contributed by atoms with van der Waals surface area (Å²) in [5.41, 5.74) is 0. The number of thioether (sulfide) groups is 1. The predicted octanol–water partition coefficient (Wildman–Crippen LogP) is 1.57. The van der Waals surface area contributed by atoms with E-state index in [-0.39, 0.29) is 0 Å². The van der Waals surface area contributed by atoms with Crippen molar-refractivity contribution in [2.24, 2.45) is 0 Å². The summed E-state index contributed by atoms with van der Waals surface area (Å²) in [5, 5.41) is 3.74. The molecular weight excluding hydrogens is 192 g/mol. The minimum Gasteiger partial charge on any atom is -0.309 e. The normalized spacial score (nSPS) is 31.1. The first kappa shape index (κ1) is 10.8. The maximum absolute atomic E-state index is 3.74. The number of hydrogen-bond donors (Lipinski definition) is 1. The highest BCUT2D eigenvalue weighted by Crippen LogP contribution is 2.17. The standard InChI is InChI=1S/C11H22N2S/c1-10(8-13-5-2-3-6-13)12-11-4-7-14-9-11/h10-12H,2-9H2,1H3. The average Bonchev–Trinajstić information content (AvgIpc) is 2.76. The molecule has 2 saturated heterocycles. The molecule has 2 rings (SSSR count). The van der Waals surface area contributed by atoms with E-state index in [4.69, 9.17) is 0 Å². The zero-order chi connectivity index (χ0) is 9.80. The first-order chi connectivity index (χ1) is 6.84. The van der Waals surface area contributed by atoms with Gasteiger partial charge in [-0.05, 0) is 45.0 Å². The molecule has 0 aromatic heterocycles. The molecule has 0 amide bonds. The fourth-order valence-corrected chi connectivity index (χ4v) is 3.64. The van der Waals surface area contributed by atoms with Crippen molar-refractivity contribution in [1.29, 1.82) is 0 Å². The van der Waals surface area contributed by atoms with Gasteiger partial charge in [-0.2, -0.15) is 11.8 Å². The number of rotatable bonds is 4. The van der Waals surface area contributed by atoms with Crippen molar-refractivity contribution in [3.05, 3.63) is 0 Å². The van der Waals surface area contributed by atoms with Crippen LogP contribution < -0.4 is 5.32 Å². The molecule has 82 valence electrons. The van der Waals surface area contributed by atoms with E-state index >= 15 is 0 Å². The van der Waals surface area contributed by atoms with Gasteiger partial charge < -0.3 is 10.2 Å². The molecule has 0 saturated carbocycles. The second-order valence-corrected chi connectivity index (χ2v) is 5.79. The summed E-state index contributed by atoms with van der Waals surface area (Å²) in [6, 6.07) is 1.47. The Hall–Kier alpha value is 0.270. The van der Waals surface area contributed by atoms with Crippen LogP contribution >= 0.6 is 11.8 Å². The number of nitrogens with zero attached hydrogens (tertiary/aromatic N) is 1. The molecular formula is C11H22N2S. The molecule has 2 nitrogen and oxygen atoms in total. The molecule has 2 fully saturated rings. The van der Waals surface area contributed by atoms with Gasteiger partial charge in [-0.15, -0.1) is 0 Å². The summed E-state index contributed by atoms with van der Waals surface area (Å²) in [7, 11) is 0. The van der Waals surface area contributed by atoms with Gasteiger partial charge in [0.15, 0.2) is 0 Å². The fourth-order valence-electron chi connectivity index (χ4n) is 2.47. The maximum atomic E-state index is 3.74. The maximum Gasteiger partial charge on any atom is 0.0169 e. The lowest BCUT2D eigenvalue weighted by Gasteiger charge is -2.23. The third kappa shape index (κ3) is 3.14. The molecule has 0 spiro atoms. The molecule has 2 aliphatic rings. The Balaban J connectivity index is 1.64. The molecule has 2 aliphatic heterocycles. The van der Waals surface area contributed by atoms with Crippen molar-refractivity contribution in [3.63, 3.8) is 0 Å². The first-order valence-corrected chi connectivity index (χ1v) is 7.06. The van der Waals surface area contributed by atoms with Crippen LogP contribution in [0.25, 0.3) is 0 Å². The van der Waals surface area contributed by atoms with Crippen molar-refractivity contribution in [3.8, 4) is 0 Å². The number of likely N-dealkylation sites (tertiary alicyclic amines) is 1. The van der Waals surface area contributed by atoms with E-state index in [1.165, 1.54) is 50.4 Å². The molecule has 0 bridgehead atoms. The van der Waals surface area contributed by atoms with Crippen LogP contribution in [0, 0.1) is 0 Å². The van der Waals surface area contributed by atoms with Gasteiger partial charge in [0, 0.05) is 24.4 Å². The molecule has 2 atom stereocenters. The smallest absolute Gasteiger partial charge is 0.0169 e. The van der Waals surface area contributed by atoms with Gasteiger partial charge in [0.1, 0.15) is 0 Å². The molecule has 0 aliphatic carbocycles. The lowest BCUT2D eigenvalue weighted by Crippen LogP contribution is -2.43. The van der Waals surface area contributed by atoms with Crippen LogP contribution in [0.1, 0.15) is 26.2 Å². The molecule has 0 aromatic rings. The second kappa shape index (κ2) is 5.38. The zero-order valence-corrected chi connectivity index (χ0v) is 9.98. The molecule has 3 heteroatoms. The van der Waals surface area contributed by atoms with Gasteiger partial charge in [0.25, 0.3) is 0 Å². The Morgan fingerprint density at radius 1 is 1.43 bits per heavy atom. The number of nitrogens with one attached hydrogen (secondary N) is 1. The van der Waals surface area contributed by atoms with E-state index in [1.807, 2.05) is 0 Å². The summed E-state index contributed by atoms with van der Waals surface area (Å²) in [6.45, 7) is 6.24. The van der Waals surface area contributed by atoms with Crippen molar-refractivity contribution < 1.29 is 0 Å². The minimum absolute atomic E-state index is 0.678. The van der Waals surface area contributed by atoms with Crippen LogP contribution in [0.3, 0.4) is 0 Å². The molecule has 0 radical (unpaired) electrons. The Kier molecular flexibility index (Phi) is 4.14. The molecule has 14 heavy (non-hydrogen) atoms. The Labute approximate surface area is 91.8 Å². The molecule has 2 heterocycles. The fraction of sp³-hybridized carbons (Fsp3) is 1.00. The van der Waals surface area contributed by atoms with E-state index in [0.717, 1.165) is 6.04 Å². The topological polar surface area (TPSA) is 15.3 Å². The lowest BCUT2D eigenvalue weighted by atomic mass is 10.2. The third-order valence-electron chi connectivity index (χ3n) is 3.18. The van der Waals surface area contributed by atoms with E-state index in [0.29, 0.717) is 6.04 Å². The van der Waals surface area contributed by atoms with Crippen LogP contribution in [0.15, 0.2) is 0 Å². The first-order valence-electron chi connectivity index (χ1n) is 5.91. The highest BCUT2D eigenvalue weighted by Gasteiger charge is 2.19. The van der Waals surface area contributed by atoms with Gasteiger partial charge >= 0.3 is 0 Å². The molecule has 2 unspecified atom stereocenters. The van der Waals surface area contributed by atoms with E-state index in [2.05, 4.69) is 28.9 Å². The Morgan fingerprint density at radius 3 is 2.86 bits per heavy atom. The summed E-state index contributed by atoms with van der Waals surface area (Å²) in [6.07, 6.45) is 4.19. The monoisotopic (exact) mass is 214 g/mol. The van der Waals surface area contributed by atoms with Crippen LogP contribution in [0.4, 0.5) is 0 Å². The summed E-state index contributed by atoms with van der Waals surface area (Å²) >= 11 is 2.09. The molecule has 1 N–H and O–H groups in total. The minimum atomic E-state index is 0.678. The summed E-state index contributed by atoms with van der Waals surface area (Å²) in [4.78, 5) is 2.60. The Bertz CT molecular complexity index is 145. The summed E-state index contributed by atoms with van der Waals surface area (Å²) in [5.74, 6) is 2.68. The summed E-state index contributed by atoms with van der Waals surface area (Å²) < 4.78 is 0. The number of hydrogen-bond acceptors (Lipinski definition) is 3. The van der Waals surface area contributed by atoms with Crippen LogP contribution in [0.5, 0.6) is 0 Å². The van der Waals surface area contributed by atoms with Crippen molar-refractivity contribution in [1.82, 2.24) is 10.2 Å². The largest absolute Gasteiger partial charge is 0.309 e. The van der Waals surface area contributed by atoms with Gasteiger partial charge in [0.05, 0.1) is 0 Å². The quantitative estimate of drug-likeness (QED) is 0.765.